The highest BCUT2D eigenvalue weighted by Gasteiger charge is 2.25. The highest BCUT2D eigenvalue weighted by Crippen LogP contribution is 2.16. The Morgan fingerprint density at radius 3 is 2.78 bits per heavy atom. The minimum Gasteiger partial charge on any atom is -0.393 e. The van der Waals surface area contributed by atoms with Crippen LogP contribution in [0.5, 0.6) is 0 Å². The number of carbonyl (C=O) groups excluding carboxylic acids is 1. The first-order chi connectivity index (χ1) is 8.65. The summed E-state index contributed by atoms with van der Waals surface area (Å²) in [5, 5.41) is 9.65. The zero-order valence-electron chi connectivity index (χ0n) is 10.9. The number of hydrogen-bond acceptors (Lipinski definition) is 3. The third-order valence-corrected chi connectivity index (χ3v) is 3.59. The van der Waals surface area contributed by atoms with Gasteiger partial charge in [0.1, 0.15) is 0 Å². The van der Waals surface area contributed by atoms with Crippen LogP contribution in [-0.4, -0.2) is 41.5 Å². The lowest BCUT2D eigenvalue weighted by molar-refractivity contribution is -0.120. The maximum absolute atomic E-state index is 12.0. The number of aliphatic hydroxyl groups excluding tert-OH is 1. The first-order valence-corrected chi connectivity index (χ1v) is 6.61. The van der Waals surface area contributed by atoms with Crippen LogP contribution in [0.4, 0.5) is 0 Å². The maximum Gasteiger partial charge on any atom is 0.151 e. The Morgan fingerprint density at radius 2 is 2.11 bits per heavy atom. The molecular formula is C15H21NO2. The van der Waals surface area contributed by atoms with Gasteiger partial charge in [0.2, 0.25) is 0 Å². The molecular weight excluding hydrogens is 226 g/mol. The third kappa shape index (κ3) is 3.65. The second kappa shape index (κ2) is 6.12. The van der Waals surface area contributed by atoms with Gasteiger partial charge in [-0.1, -0.05) is 37.3 Å². The van der Waals surface area contributed by atoms with E-state index in [2.05, 4.69) is 4.90 Å². The zero-order chi connectivity index (χ0) is 13.0. The SMILES string of the molecule is CC1CN(CC(=O)Cc2ccccc2)CCC1O. The number of likely N-dealkylation sites (tertiary alicyclic amines) is 1. The molecule has 1 aliphatic rings. The van der Waals surface area contributed by atoms with Crippen molar-refractivity contribution in [2.45, 2.75) is 25.9 Å². The topological polar surface area (TPSA) is 40.5 Å². The highest BCUT2D eigenvalue weighted by atomic mass is 16.3. The minimum absolute atomic E-state index is 0.203. The minimum atomic E-state index is -0.203. The van der Waals surface area contributed by atoms with E-state index in [1.54, 1.807) is 0 Å². The molecule has 1 aromatic rings. The van der Waals surface area contributed by atoms with Crippen molar-refractivity contribution in [3.8, 4) is 0 Å². The average Bonchev–Trinajstić information content (AvgIpc) is 2.35. The summed E-state index contributed by atoms with van der Waals surface area (Å²) in [6.45, 7) is 4.19. The summed E-state index contributed by atoms with van der Waals surface area (Å²) in [6, 6.07) is 9.85. The monoisotopic (exact) mass is 247 g/mol. The molecule has 0 spiro atoms. The molecule has 1 saturated heterocycles. The molecule has 2 rings (SSSR count). The molecule has 3 heteroatoms. The quantitative estimate of drug-likeness (QED) is 0.876. The molecule has 0 radical (unpaired) electrons. The van der Waals surface area contributed by atoms with Crippen LogP contribution in [0, 0.1) is 5.92 Å². The number of benzene rings is 1. The maximum atomic E-state index is 12.0. The standard InChI is InChI=1S/C15H21NO2/c1-12-10-16(8-7-15(12)18)11-14(17)9-13-5-3-2-4-6-13/h2-6,12,15,18H,7-11H2,1H3. The fourth-order valence-electron chi connectivity index (χ4n) is 2.49. The van der Waals surface area contributed by atoms with Gasteiger partial charge in [0.05, 0.1) is 12.6 Å². The Kier molecular flexibility index (Phi) is 4.50. The molecule has 0 saturated carbocycles. The number of piperidine rings is 1. The van der Waals surface area contributed by atoms with E-state index in [1.165, 1.54) is 0 Å². The first-order valence-electron chi connectivity index (χ1n) is 6.61. The van der Waals surface area contributed by atoms with Crippen molar-refractivity contribution < 1.29 is 9.90 Å². The molecule has 0 aromatic heterocycles. The average molecular weight is 247 g/mol. The van der Waals surface area contributed by atoms with Gasteiger partial charge in [0.25, 0.3) is 0 Å². The van der Waals surface area contributed by atoms with Gasteiger partial charge in [-0.15, -0.1) is 0 Å². The Hall–Kier alpha value is -1.19. The summed E-state index contributed by atoms with van der Waals surface area (Å²) in [5.41, 5.74) is 1.08. The highest BCUT2D eigenvalue weighted by molar-refractivity contribution is 5.82. The second-order valence-electron chi connectivity index (χ2n) is 5.27. The van der Waals surface area contributed by atoms with Gasteiger partial charge in [-0.2, -0.15) is 0 Å². The Bertz CT molecular complexity index is 391. The van der Waals surface area contributed by atoms with E-state index in [4.69, 9.17) is 0 Å². The Morgan fingerprint density at radius 1 is 1.39 bits per heavy atom. The molecule has 1 N–H and O–H groups in total. The van der Waals surface area contributed by atoms with E-state index in [9.17, 15) is 9.90 Å². The van der Waals surface area contributed by atoms with Crippen molar-refractivity contribution in [1.82, 2.24) is 4.90 Å². The summed E-state index contributed by atoms with van der Waals surface area (Å²) in [5.74, 6) is 0.521. The van der Waals surface area contributed by atoms with Gasteiger partial charge in [-0.05, 0) is 17.9 Å². The lowest BCUT2D eigenvalue weighted by atomic mass is 9.96. The van der Waals surface area contributed by atoms with E-state index < -0.39 is 0 Å². The number of hydrogen-bond donors (Lipinski definition) is 1. The number of aliphatic hydroxyl groups is 1. The van der Waals surface area contributed by atoms with E-state index in [0.29, 0.717) is 13.0 Å². The fraction of sp³-hybridized carbons (Fsp3) is 0.533. The van der Waals surface area contributed by atoms with Crippen molar-refractivity contribution in [3.63, 3.8) is 0 Å². The van der Waals surface area contributed by atoms with E-state index in [1.807, 2.05) is 37.3 Å². The summed E-state index contributed by atoms with van der Waals surface area (Å²) in [7, 11) is 0. The van der Waals surface area contributed by atoms with Crippen LogP contribution in [0.25, 0.3) is 0 Å². The molecule has 1 fully saturated rings. The van der Waals surface area contributed by atoms with Crippen molar-refractivity contribution in [2.24, 2.45) is 5.92 Å². The summed E-state index contributed by atoms with van der Waals surface area (Å²) >= 11 is 0. The predicted molar refractivity (Wildman–Crippen MR) is 71.4 cm³/mol. The zero-order valence-corrected chi connectivity index (χ0v) is 10.9. The lowest BCUT2D eigenvalue weighted by Crippen LogP contribution is -2.44. The number of rotatable bonds is 4. The van der Waals surface area contributed by atoms with Gasteiger partial charge < -0.3 is 5.11 Å². The van der Waals surface area contributed by atoms with Crippen molar-refractivity contribution in [3.05, 3.63) is 35.9 Å². The summed E-state index contributed by atoms with van der Waals surface area (Å²) in [6.07, 6.45) is 1.08. The third-order valence-electron chi connectivity index (χ3n) is 3.59. The lowest BCUT2D eigenvalue weighted by Gasteiger charge is -2.33. The Labute approximate surface area is 108 Å². The largest absolute Gasteiger partial charge is 0.393 e. The van der Waals surface area contributed by atoms with Crippen molar-refractivity contribution >= 4 is 5.78 Å². The van der Waals surface area contributed by atoms with Crippen molar-refractivity contribution in [2.75, 3.05) is 19.6 Å². The molecule has 0 bridgehead atoms. The number of nitrogens with zero attached hydrogens (tertiary/aromatic N) is 1. The van der Waals surface area contributed by atoms with E-state index >= 15 is 0 Å². The molecule has 0 aliphatic carbocycles. The van der Waals surface area contributed by atoms with Gasteiger partial charge in [0, 0.05) is 19.5 Å². The molecule has 1 heterocycles. The second-order valence-corrected chi connectivity index (χ2v) is 5.27. The summed E-state index contributed by atoms with van der Waals surface area (Å²) < 4.78 is 0. The molecule has 18 heavy (non-hydrogen) atoms. The fourth-order valence-corrected chi connectivity index (χ4v) is 2.49. The van der Waals surface area contributed by atoms with Gasteiger partial charge in [0.15, 0.2) is 5.78 Å². The molecule has 3 nitrogen and oxygen atoms in total. The van der Waals surface area contributed by atoms with E-state index in [0.717, 1.165) is 25.1 Å². The molecule has 98 valence electrons. The van der Waals surface area contributed by atoms with Gasteiger partial charge in [-0.25, -0.2) is 0 Å². The number of carbonyl (C=O) groups is 1. The predicted octanol–water partition coefficient (Wildman–Crippen LogP) is 1.50. The number of ketones is 1. The van der Waals surface area contributed by atoms with Crippen LogP contribution in [-0.2, 0) is 11.2 Å². The van der Waals surface area contributed by atoms with Gasteiger partial charge >= 0.3 is 0 Å². The first kappa shape index (κ1) is 13.2. The van der Waals surface area contributed by atoms with E-state index in [-0.39, 0.29) is 17.8 Å². The molecule has 0 amide bonds. The van der Waals surface area contributed by atoms with Crippen molar-refractivity contribution in [1.29, 1.82) is 0 Å². The van der Waals surface area contributed by atoms with Crippen LogP contribution >= 0.6 is 0 Å². The number of Topliss-reactive ketones (excluding diaryl/α,β-unsaturated/α-hetero) is 1. The summed E-state index contributed by atoms with van der Waals surface area (Å²) in [4.78, 5) is 14.1. The molecule has 2 unspecified atom stereocenters. The normalized spacial score (nSPS) is 25.0. The van der Waals surface area contributed by atoms with Crippen LogP contribution in [0.2, 0.25) is 0 Å². The van der Waals surface area contributed by atoms with Crippen LogP contribution in [0.15, 0.2) is 30.3 Å². The Balaban J connectivity index is 1.81. The molecule has 1 aliphatic heterocycles. The molecule has 1 aromatic carbocycles. The molecule has 2 atom stereocenters. The van der Waals surface area contributed by atoms with Crippen LogP contribution in [0.1, 0.15) is 18.9 Å². The van der Waals surface area contributed by atoms with Crippen LogP contribution in [0.3, 0.4) is 0 Å². The van der Waals surface area contributed by atoms with Gasteiger partial charge in [-0.3, -0.25) is 9.69 Å². The van der Waals surface area contributed by atoms with Crippen LogP contribution < -0.4 is 0 Å². The smallest absolute Gasteiger partial charge is 0.151 e.